The predicted octanol–water partition coefficient (Wildman–Crippen LogP) is 0.725. The fourth-order valence-electron chi connectivity index (χ4n) is 1.78. The summed E-state index contributed by atoms with van der Waals surface area (Å²) in [7, 11) is 1.91. The van der Waals surface area contributed by atoms with Gasteiger partial charge >= 0.3 is 0 Å². The van der Waals surface area contributed by atoms with Gasteiger partial charge in [0.1, 0.15) is 18.0 Å². The van der Waals surface area contributed by atoms with Crippen molar-refractivity contribution < 1.29 is 0 Å². The number of nitrogens with zero attached hydrogens (tertiary/aromatic N) is 4. The molecule has 0 aliphatic rings. The summed E-state index contributed by atoms with van der Waals surface area (Å²) < 4.78 is 1.80. The molecule has 0 saturated carbocycles. The number of nitrogens with two attached hydrogens (primary N) is 1. The minimum absolute atomic E-state index is 0.621. The molecule has 0 spiro atoms. The highest BCUT2D eigenvalue weighted by Crippen LogP contribution is 2.18. The van der Waals surface area contributed by atoms with Gasteiger partial charge in [0.05, 0.1) is 5.69 Å². The van der Waals surface area contributed by atoms with E-state index in [4.69, 9.17) is 5.84 Å². The monoisotopic (exact) mass is 247 g/mol. The molecule has 0 bridgehead atoms. The van der Waals surface area contributed by atoms with E-state index in [1.807, 2.05) is 27.1 Å². The van der Waals surface area contributed by atoms with E-state index in [2.05, 4.69) is 25.8 Å². The second kappa shape index (κ2) is 5.01. The summed E-state index contributed by atoms with van der Waals surface area (Å²) in [6.07, 6.45) is 3.46. The third-order valence-corrected chi connectivity index (χ3v) is 2.78. The molecule has 7 nitrogen and oxygen atoms in total. The van der Waals surface area contributed by atoms with Crippen LogP contribution in [0.5, 0.6) is 0 Å². The number of hydrogen-bond acceptors (Lipinski definition) is 6. The van der Waals surface area contributed by atoms with Crippen LogP contribution in [-0.2, 0) is 13.6 Å². The summed E-state index contributed by atoms with van der Waals surface area (Å²) in [6.45, 7) is 4.56. The SMILES string of the molecule is Cc1nn(C)cc1CNc1ncnc(NN)c1C. The molecule has 18 heavy (non-hydrogen) atoms. The average Bonchev–Trinajstić information content (AvgIpc) is 2.66. The smallest absolute Gasteiger partial charge is 0.148 e. The van der Waals surface area contributed by atoms with Crippen LogP contribution in [0.25, 0.3) is 0 Å². The van der Waals surface area contributed by atoms with Crippen molar-refractivity contribution in [2.24, 2.45) is 12.9 Å². The normalized spacial score (nSPS) is 10.4. The van der Waals surface area contributed by atoms with Crippen molar-refractivity contribution in [2.75, 3.05) is 10.7 Å². The lowest BCUT2D eigenvalue weighted by atomic mass is 10.2. The van der Waals surface area contributed by atoms with Gasteiger partial charge in [-0.2, -0.15) is 5.10 Å². The summed E-state index contributed by atoms with van der Waals surface area (Å²) in [5.74, 6) is 6.76. The third kappa shape index (κ3) is 2.40. The summed E-state index contributed by atoms with van der Waals surface area (Å²) in [6, 6.07) is 0. The largest absolute Gasteiger partial charge is 0.365 e. The van der Waals surface area contributed by atoms with Crippen molar-refractivity contribution in [1.82, 2.24) is 19.7 Å². The van der Waals surface area contributed by atoms with Crippen molar-refractivity contribution in [3.8, 4) is 0 Å². The second-order valence-corrected chi connectivity index (χ2v) is 4.11. The van der Waals surface area contributed by atoms with Gasteiger partial charge < -0.3 is 10.7 Å². The number of aryl methyl sites for hydroxylation is 2. The van der Waals surface area contributed by atoms with Crippen LogP contribution in [0.3, 0.4) is 0 Å². The molecule has 2 heterocycles. The molecule has 7 heteroatoms. The van der Waals surface area contributed by atoms with E-state index in [0.29, 0.717) is 12.4 Å². The molecule has 0 aliphatic heterocycles. The summed E-state index contributed by atoms with van der Waals surface area (Å²) >= 11 is 0. The number of aromatic nitrogens is 4. The molecule has 0 aliphatic carbocycles. The van der Waals surface area contributed by atoms with Gasteiger partial charge in [-0.3, -0.25) is 4.68 Å². The lowest BCUT2D eigenvalue weighted by molar-refractivity contribution is 0.756. The van der Waals surface area contributed by atoms with Crippen LogP contribution in [-0.4, -0.2) is 19.7 Å². The van der Waals surface area contributed by atoms with E-state index in [1.165, 1.54) is 6.33 Å². The first kappa shape index (κ1) is 12.3. The minimum atomic E-state index is 0.621. The first-order valence-electron chi connectivity index (χ1n) is 5.63. The van der Waals surface area contributed by atoms with Crippen LogP contribution in [0.2, 0.25) is 0 Å². The van der Waals surface area contributed by atoms with E-state index in [9.17, 15) is 0 Å². The van der Waals surface area contributed by atoms with Crippen molar-refractivity contribution in [3.05, 3.63) is 29.3 Å². The molecule has 2 aromatic rings. The minimum Gasteiger partial charge on any atom is -0.365 e. The molecule has 96 valence electrons. The summed E-state index contributed by atoms with van der Waals surface area (Å²) in [5, 5.41) is 7.55. The van der Waals surface area contributed by atoms with Crippen molar-refractivity contribution in [2.45, 2.75) is 20.4 Å². The van der Waals surface area contributed by atoms with E-state index in [1.54, 1.807) is 4.68 Å². The van der Waals surface area contributed by atoms with Crippen molar-refractivity contribution >= 4 is 11.6 Å². The van der Waals surface area contributed by atoms with Gasteiger partial charge in [0.25, 0.3) is 0 Å². The number of hydrazine groups is 1. The molecule has 0 aromatic carbocycles. The first-order chi connectivity index (χ1) is 8.61. The quantitative estimate of drug-likeness (QED) is 0.544. The standard InChI is InChI=1S/C11H17N7/c1-7-10(14-6-15-11(7)16-12)13-4-9-5-18(3)17-8(9)2/h5-6H,4,12H2,1-3H3,(H2,13,14,15,16). The zero-order chi connectivity index (χ0) is 13.1. The highest BCUT2D eigenvalue weighted by atomic mass is 15.3. The predicted molar refractivity (Wildman–Crippen MR) is 69.9 cm³/mol. The van der Waals surface area contributed by atoms with Gasteiger partial charge in [0.2, 0.25) is 0 Å². The fraction of sp³-hybridized carbons (Fsp3) is 0.364. The number of nitrogen functional groups attached to an aromatic ring is 1. The zero-order valence-corrected chi connectivity index (χ0v) is 10.7. The molecule has 0 amide bonds. The van der Waals surface area contributed by atoms with Crippen molar-refractivity contribution in [3.63, 3.8) is 0 Å². The van der Waals surface area contributed by atoms with E-state index in [0.717, 1.165) is 22.6 Å². The topological polar surface area (TPSA) is 93.7 Å². The zero-order valence-electron chi connectivity index (χ0n) is 10.7. The van der Waals surface area contributed by atoms with Crippen molar-refractivity contribution in [1.29, 1.82) is 0 Å². The fourth-order valence-corrected chi connectivity index (χ4v) is 1.78. The van der Waals surface area contributed by atoms with Crippen LogP contribution < -0.4 is 16.6 Å². The summed E-state index contributed by atoms with van der Waals surface area (Å²) in [5.41, 5.74) is 5.58. The van der Waals surface area contributed by atoms with Crippen LogP contribution in [0, 0.1) is 13.8 Å². The number of rotatable bonds is 4. The Morgan fingerprint density at radius 1 is 1.28 bits per heavy atom. The van der Waals surface area contributed by atoms with Crippen LogP contribution in [0.1, 0.15) is 16.8 Å². The van der Waals surface area contributed by atoms with Crippen LogP contribution in [0.15, 0.2) is 12.5 Å². The molecule has 0 saturated heterocycles. The molecule has 2 aromatic heterocycles. The Hall–Kier alpha value is -2.15. The second-order valence-electron chi connectivity index (χ2n) is 4.11. The Morgan fingerprint density at radius 3 is 2.61 bits per heavy atom. The molecule has 0 unspecified atom stereocenters. The van der Waals surface area contributed by atoms with Gasteiger partial charge in [-0.05, 0) is 13.8 Å². The number of hydrogen-bond donors (Lipinski definition) is 3. The van der Waals surface area contributed by atoms with Gasteiger partial charge in [-0.15, -0.1) is 0 Å². The van der Waals surface area contributed by atoms with E-state index >= 15 is 0 Å². The van der Waals surface area contributed by atoms with Gasteiger partial charge in [0.15, 0.2) is 0 Å². The lowest BCUT2D eigenvalue weighted by Crippen LogP contribution is -2.12. The molecule has 0 atom stereocenters. The van der Waals surface area contributed by atoms with Gasteiger partial charge in [0, 0.05) is 30.9 Å². The maximum Gasteiger partial charge on any atom is 0.148 e. The Labute approximate surface area is 105 Å². The molecular formula is C11H17N7. The Kier molecular flexibility index (Phi) is 3.42. The lowest BCUT2D eigenvalue weighted by Gasteiger charge is -2.10. The Morgan fingerprint density at radius 2 is 2.00 bits per heavy atom. The average molecular weight is 247 g/mol. The van der Waals surface area contributed by atoms with Gasteiger partial charge in [-0.25, -0.2) is 15.8 Å². The first-order valence-corrected chi connectivity index (χ1v) is 5.63. The van der Waals surface area contributed by atoms with Crippen LogP contribution >= 0.6 is 0 Å². The Bertz CT molecular complexity index is 546. The van der Waals surface area contributed by atoms with E-state index < -0.39 is 0 Å². The molecule has 0 radical (unpaired) electrons. The number of nitrogens with one attached hydrogen (secondary N) is 2. The summed E-state index contributed by atoms with van der Waals surface area (Å²) in [4.78, 5) is 8.22. The Balaban J connectivity index is 2.13. The molecule has 4 N–H and O–H groups in total. The molecular weight excluding hydrogens is 230 g/mol. The van der Waals surface area contributed by atoms with E-state index in [-0.39, 0.29) is 0 Å². The maximum absolute atomic E-state index is 5.37. The van der Waals surface area contributed by atoms with Crippen LogP contribution in [0.4, 0.5) is 11.6 Å². The molecule has 2 rings (SSSR count). The number of anilines is 2. The third-order valence-electron chi connectivity index (χ3n) is 2.78. The molecule has 0 fully saturated rings. The maximum atomic E-state index is 5.37. The highest BCUT2D eigenvalue weighted by molar-refractivity contribution is 5.55. The van der Waals surface area contributed by atoms with Gasteiger partial charge in [-0.1, -0.05) is 0 Å². The highest BCUT2D eigenvalue weighted by Gasteiger charge is 2.07.